The van der Waals surface area contributed by atoms with Crippen LogP contribution >= 0.6 is 22.7 Å². The number of aromatic nitrogens is 1. The van der Waals surface area contributed by atoms with E-state index >= 15 is 0 Å². The molecule has 0 saturated carbocycles. The van der Waals surface area contributed by atoms with Crippen molar-refractivity contribution in [3.8, 4) is 5.75 Å². The Morgan fingerprint density at radius 3 is 2.63 bits per heavy atom. The third kappa shape index (κ3) is 5.65. The molecule has 3 aromatic rings. The molecule has 0 atom stereocenters. The summed E-state index contributed by atoms with van der Waals surface area (Å²) in [6.07, 6.45) is 0. The van der Waals surface area contributed by atoms with E-state index in [9.17, 15) is 4.79 Å². The molecule has 4 nitrogen and oxygen atoms in total. The average molecular weight is 401 g/mol. The lowest BCUT2D eigenvalue weighted by atomic mass is 10.2. The van der Waals surface area contributed by atoms with Gasteiger partial charge in [0.15, 0.2) is 0 Å². The van der Waals surface area contributed by atoms with Gasteiger partial charge in [0, 0.05) is 11.9 Å². The lowest BCUT2D eigenvalue weighted by Crippen LogP contribution is -2.33. The minimum atomic E-state index is 0.0733. The normalized spacial score (nSPS) is 11.0. The number of thiophene rings is 1. The molecular formula is C21H24N2O2S2. The fraction of sp³-hybridized carbons (Fsp3) is 0.333. The van der Waals surface area contributed by atoms with Crippen LogP contribution in [0.5, 0.6) is 5.75 Å². The van der Waals surface area contributed by atoms with Crippen LogP contribution in [-0.4, -0.2) is 22.3 Å². The van der Waals surface area contributed by atoms with E-state index in [2.05, 4.69) is 25.8 Å². The highest BCUT2D eigenvalue weighted by molar-refractivity contribution is 7.12. The predicted octanol–water partition coefficient (Wildman–Crippen LogP) is 5.39. The first-order valence-corrected chi connectivity index (χ1v) is 10.7. The maximum atomic E-state index is 12.8. The van der Waals surface area contributed by atoms with Gasteiger partial charge < -0.3 is 9.64 Å². The van der Waals surface area contributed by atoms with Gasteiger partial charge in [-0.05, 0) is 36.4 Å². The quantitative estimate of drug-likeness (QED) is 0.509. The lowest BCUT2D eigenvalue weighted by molar-refractivity contribution is 0.0725. The Morgan fingerprint density at radius 1 is 1.19 bits per heavy atom. The van der Waals surface area contributed by atoms with E-state index in [0.29, 0.717) is 25.6 Å². The molecule has 0 N–H and O–H groups in total. The molecule has 2 aromatic heterocycles. The molecule has 0 aliphatic carbocycles. The van der Waals surface area contributed by atoms with Gasteiger partial charge in [-0.3, -0.25) is 4.79 Å². The number of carbonyl (C=O) groups excluding carboxylic acids is 1. The van der Waals surface area contributed by atoms with E-state index in [1.54, 1.807) is 11.3 Å². The molecule has 6 heteroatoms. The summed E-state index contributed by atoms with van der Waals surface area (Å²) in [5.74, 6) is 1.31. The number of hydrogen-bond donors (Lipinski definition) is 0. The molecule has 2 heterocycles. The van der Waals surface area contributed by atoms with Gasteiger partial charge in [0.1, 0.15) is 17.4 Å². The SMILES string of the molecule is Cc1ccc(OCc2nc(CN(CC(C)C)C(=O)c3cccs3)cs2)cc1. The van der Waals surface area contributed by atoms with Crippen molar-refractivity contribution in [3.63, 3.8) is 0 Å². The van der Waals surface area contributed by atoms with Crippen molar-refractivity contribution in [2.24, 2.45) is 5.92 Å². The van der Waals surface area contributed by atoms with Gasteiger partial charge >= 0.3 is 0 Å². The Bertz CT molecular complexity index is 855. The highest BCUT2D eigenvalue weighted by atomic mass is 32.1. The van der Waals surface area contributed by atoms with Crippen molar-refractivity contribution in [2.45, 2.75) is 33.9 Å². The molecule has 0 aliphatic rings. The van der Waals surface area contributed by atoms with Gasteiger partial charge in [0.2, 0.25) is 0 Å². The topological polar surface area (TPSA) is 42.4 Å². The van der Waals surface area contributed by atoms with Crippen molar-refractivity contribution in [1.29, 1.82) is 0 Å². The predicted molar refractivity (Wildman–Crippen MR) is 112 cm³/mol. The highest BCUT2D eigenvalue weighted by Gasteiger charge is 2.19. The van der Waals surface area contributed by atoms with Crippen molar-refractivity contribution >= 4 is 28.6 Å². The van der Waals surface area contributed by atoms with Crippen LogP contribution in [-0.2, 0) is 13.2 Å². The summed E-state index contributed by atoms with van der Waals surface area (Å²) in [4.78, 5) is 20.1. The number of ether oxygens (including phenoxy) is 1. The first kappa shape index (κ1) is 19.6. The second kappa shape index (κ2) is 9.15. The summed E-state index contributed by atoms with van der Waals surface area (Å²) in [5, 5.41) is 4.87. The number of rotatable bonds is 8. The van der Waals surface area contributed by atoms with Crippen molar-refractivity contribution in [2.75, 3.05) is 6.54 Å². The largest absolute Gasteiger partial charge is 0.486 e. The first-order valence-electron chi connectivity index (χ1n) is 8.97. The fourth-order valence-corrected chi connectivity index (χ4v) is 4.07. The van der Waals surface area contributed by atoms with Gasteiger partial charge in [-0.25, -0.2) is 4.98 Å². The van der Waals surface area contributed by atoms with E-state index in [-0.39, 0.29) is 5.91 Å². The Balaban J connectivity index is 1.63. The number of thiazole rings is 1. The molecule has 1 amide bonds. The van der Waals surface area contributed by atoms with Crippen molar-refractivity contribution < 1.29 is 9.53 Å². The number of amides is 1. The summed E-state index contributed by atoms with van der Waals surface area (Å²) in [5.41, 5.74) is 2.12. The number of nitrogens with zero attached hydrogens (tertiary/aromatic N) is 2. The summed E-state index contributed by atoms with van der Waals surface area (Å²) < 4.78 is 5.81. The van der Waals surface area contributed by atoms with Crippen molar-refractivity contribution in [1.82, 2.24) is 9.88 Å². The Kier molecular flexibility index (Phi) is 6.63. The van der Waals surface area contributed by atoms with Crippen LogP contribution < -0.4 is 4.74 Å². The van der Waals surface area contributed by atoms with Crippen molar-refractivity contribution in [3.05, 3.63) is 68.3 Å². The zero-order valence-corrected chi connectivity index (χ0v) is 17.5. The monoisotopic (exact) mass is 400 g/mol. The molecule has 1 aromatic carbocycles. The third-order valence-electron chi connectivity index (χ3n) is 3.94. The van der Waals surface area contributed by atoms with Crippen LogP contribution in [0.3, 0.4) is 0 Å². The van der Waals surface area contributed by atoms with Crippen LogP contribution in [0.25, 0.3) is 0 Å². The zero-order valence-electron chi connectivity index (χ0n) is 15.8. The van der Waals surface area contributed by atoms with Crippen LogP contribution in [0.1, 0.15) is 39.8 Å². The van der Waals surface area contributed by atoms with Gasteiger partial charge in [0.25, 0.3) is 5.91 Å². The molecule has 0 saturated heterocycles. The fourth-order valence-electron chi connectivity index (χ4n) is 2.68. The Morgan fingerprint density at radius 2 is 1.96 bits per heavy atom. The van der Waals surface area contributed by atoms with E-state index < -0.39 is 0 Å². The van der Waals surface area contributed by atoms with Gasteiger partial charge in [-0.1, -0.05) is 37.6 Å². The standard InChI is InChI=1S/C21H24N2O2S2/c1-15(2)11-23(21(24)19-5-4-10-26-19)12-17-14-27-20(22-17)13-25-18-8-6-16(3)7-9-18/h4-10,14-15H,11-13H2,1-3H3. The summed E-state index contributed by atoms with van der Waals surface area (Å²) >= 11 is 3.05. The van der Waals surface area contributed by atoms with Gasteiger partial charge in [-0.15, -0.1) is 22.7 Å². The Hall–Kier alpha value is -2.18. The zero-order chi connectivity index (χ0) is 19.2. The molecule has 27 heavy (non-hydrogen) atoms. The van der Waals surface area contributed by atoms with Gasteiger partial charge in [0.05, 0.1) is 17.1 Å². The van der Waals surface area contributed by atoms with E-state index in [4.69, 9.17) is 4.74 Å². The summed E-state index contributed by atoms with van der Waals surface area (Å²) in [6, 6.07) is 11.8. The van der Waals surface area contributed by atoms with Crippen LogP contribution in [0.15, 0.2) is 47.2 Å². The molecule has 0 fully saturated rings. The second-order valence-electron chi connectivity index (χ2n) is 6.89. The molecular weight excluding hydrogens is 376 g/mol. The maximum Gasteiger partial charge on any atom is 0.264 e. The van der Waals surface area contributed by atoms with E-state index in [1.165, 1.54) is 16.9 Å². The van der Waals surface area contributed by atoms with E-state index in [1.807, 2.05) is 52.1 Å². The highest BCUT2D eigenvalue weighted by Crippen LogP contribution is 2.19. The molecule has 3 rings (SSSR count). The van der Waals surface area contributed by atoms with Crippen LogP contribution in [0, 0.1) is 12.8 Å². The molecule has 0 radical (unpaired) electrons. The van der Waals surface area contributed by atoms with E-state index in [0.717, 1.165) is 21.3 Å². The molecule has 0 bridgehead atoms. The molecule has 0 spiro atoms. The van der Waals surface area contributed by atoms with Crippen LogP contribution in [0.2, 0.25) is 0 Å². The second-order valence-corrected chi connectivity index (χ2v) is 8.78. The Labute approximate surface area is 168 Å². The number of hydrogen-bond acceptors (Lipinski definition) is 5. The average Bonchev–Trinajstić information content (AvgIpc) is 3.32. The minimum Gasteiger partial charge on any atom is -0.486 e. The number of benzene rings is 1. The maximum absolute atomic E-state index is 12.8. The van der Waals surface area contributed by atoms with Gasteiger partial charge in [-0.2, -0.15) is 0 Å². The first-order chi connectivity index (χ1) is 13.0. The minimum absolute atomic E-state index is 0.0733. The smallest absolute Gasteiger partial charge is 0.264 e. The molecule has 142 valence electrons. The molecule has 0 unspecified atom stereocenters. The summed E-state index contributed by atoms with van der Waals surface area (Å²) in [7, 11) is 0. The number of aryl methyl sites for hydroxylation is 1. The summed E-state index contributed by atoms with van der Waals surface area (Å²) in [6.45, 7) is 7.97. The molecule has 0 aliphatic heterocycles. The third-order valence-corrected chi connectivity index (χ3v) is 5.67. The lowest BCUT2D eigenvalue weighted by Gasteiger charge is -2.23. The number of carbonyl (C=O) groups is 1. The van der Waals surface area contributed by atoms with Crippen LogP contribution in [0.4, 0.5) is 0 Å².